The van der Waals surface area contributed by atoms with Gasteiger partial charge >= 0.3 is 0 Å². The highest BCUT2D eigenvalue weighted by Crippen LogP contribution is 2.37. The lowest BCUT2D eigenvalue weighted by atomic mass is 9.75. The van der Waals surface area contributed by atoms with E-state index >= 15 is 0 Å². The largest absolute Gasteiger partial charge is 0.396 e. The van der Waals surface area contributed by atoms with Gasteiger partial charge in [-0.3, -0.25) is 14.4 Å². The Balaban J connectivity index is 1.37. The van der Waals surface area contributed by atoms with Gasteiger partial charge in [0.1, 0.15) is 0 Å². The van der Waals surface area contributed by atoms with Crippen LogP contribution in [0.1, 0.15) is 18.5 Å². The number of nitrogens with zero attached hydrogens (tertiary/aromatic N) is 5. The predicted octanol–water partition coefficient (Wildman–Crippen LogP) is 0.618. The SMILES string of the molecule is O=C(Nc1nccs1)C1CN2CCC1CC2Cn1cc(CCO)nn1. The Morgan fingerprint density at radius 3 is 3.12 bits per heavy atom. The number of amides is 1. The molecule has 3 saturated heterocycles. The van der Waals surface area contributed by atoms with Crippen molar-refractivity contribution in [3.05, 3.63) is 23.5 Å². The molecule has 2 aromatic rings. The summed E-state index contributed by atoms with van der Waals surface area (Å²) in [7, 11) is 0. The first kappa shape index (κ1) is 16.6. The summed E-state index contributed by atoms with van der Waals surface area (Å²) in [5.41, 5.74) is 0.819. The third kappa shape index (κ3) is 3.58. The summed E-state index contributed by atoms with van der Waals surface area (Å²) in [4.78, 5) is 19.1. The van der Waals surface area contributed by atoms with Crippen LogP contribution in [0, 0.1) is 11.8 Å². The minimum atomic E-state index is 0.0367. The van der Waals surface area contributed by atoms with Crippen molar-refractivity contribution in [2.75, 3.05) is 25.0 Å². The van der Waals surface area contributed by atoms with Gasteiger partial charge in [-0.25, -0.2) is 4.98 Å². The molecule has 0 saturated carbocycles. The molecule has 1 amide bonds. The second-order valence-corrected chi connectivity index (χ2v) is 7.67. The summed E-state index contributed by atoms with van der Waals surface area (Å²) in [6, 6.07) is 0.395. The minimum absolute atomic E-state index is 0.0367. The van der Waals surface area contributed by atoms with Crippen LogP contribution < -0.4 is 5.32 Å². The summed E-state index contributed by atoms with van der Waals surface area (Å²) in [6.07, 6.45) is 6.23. The number of piperidine rings is 3. The number of aromatic nitrogens is 4. The average molecular weight is 362 g/mol. The highest BCUT2D eigenvalue weighted by atomic mass is 32.1. The lowest BCUT2D eigenvalue weighted by Crippen LogP contribution is -2.57. The molecule has 4 atom stereocenters. The molecule has 4 unspecified atom stereocenters. The number of aliphatic hydroxyl groups excluding tert-OH is 1. The average Bonchev–Trinajstić information content (AvgIpc) is 3.28. The van der Waals surface area contributed by atoms with Crippen LogP contribution in [0.2, 0.25) is 0 Å². The number of carbonyl (C=O) groups excluding carboxylic acids is 1. The molecule has 2 aromatic heterocycles. The lowest BCUT2D eigenvalue weighted by Gasteiger charge is -2.49. The van der Waals surface area contributed by atoms with E-state index in [1.54, 1.807) is 6.20 Å². The zero-order valence-electron chi connectivity index (χ0n) is 13.9. The molecule has 2 N–H and O–H groups in total. The van der Waals surface area contributed by atoms with Gasteiger partial charge in [0.05, 0.1) is 18.2 Å². The zero-order chi connectivity index (χ0) is 17.2. The predicted molar refractivity (Wildman–Crippen MR) is 93.1 cm³/mol. The number of fused-ring (bicyclic) bond motifs is 3. The quantitative estimate of drug-likeness (QED) is 0.782. The van der Waals surface area contributed by atoms with Crippen LogP contribution in [-0.2, 0) is 17.8 Å². The van der Waals surface area contributed by atoms with Gasteiger partial charge in [0, 0.05) is 43.4 Å². The van der Waals surface area contributed by atoms with Crippen molar-refractivity contribution < 1.29 is 9.90 Å². The second kappa shape index (κ2) is 7.19. The van der Waals surface area contributed by atoms with Crippen molar-refractivity contribution >= 4 is 22.4 Å². The van der Waals surface area contributed by atoms with Gasteiger partial charge in [-0.15, -0.1) is 16.4 Å². The topological polar surface area (TPSA) is 96.2 Å². The molecule has 9 heteroatoms. The smallest absolute Gasteiger partial charge is 0.230 e. The van der Waals surface area contributed by atoms with Crippen molar-refractivity contribution in [1.82, 2.24) is 24.9 Å². The van der Waals surface area contributed by atoms with E-state index in [1.807, 2.05) is 16.3 Å². The molecule has 25 heavy (non-hydrogen) atoms. The fourth-order valence-electron chi connectivity index (χ4n) is 3.98. The lowest BCUT2D eigenvalue weighted by molar-refractivity contribution is -0.127. The van der Waals surface area contributed by atoms with Gasteiger partial charge in [-0.05, 0) is 25.3 Å². The summed E-state index contributed by atoms with van der Waals surface area (Å²) >= 11 is 1.45. The molecule has 3 fully saturated rings. The molecule has 0 radical (unpaired) electrons. The van der Waals surface area contributed by atoms with Crippen molar-refractivity contribution in [1.29, 1.82) is 0 Å². The number of hydrogen-bond acceptors (Lipinski definition) is 7. The fourth-order valence-corrected chi connectivity index (χ4v) is 4.51. The standard InChI is InChI=1S/C16H22N6O2S/c23-5-2-12-8-22(20-19-12)9-13-7-11-1-4-21(13)10-14(11)15(24)18-16-17-3-6-25-16/h3,6,8,11,13-14,23H,1-2,4-5,7,9-10H2,(H,17,18,24). The van der Waals surface area contributed by atoms with Crippen molar-refractivity contribution in [2.24, 2.45) is 11.8 Å². The molecule has 5 rings (SSSR count). The molecule has 3 aliphatic heterocycles. The van der Waals surface area contributed by atoms with Crippen LogP contribution in [0.25, 0.3) is 0 Å². The maximum atomic E-state index is 12.6. The number of rotatable bonds is 6. The number of thiazole rings is 1. The molecule has 0 aromatic carbocycles. The van der Waals surface area contributed by atoms with E-state index in [2.05, 4.69) is 25.5 Å². The first-order chi connectivity index (χ1) is 12.2. The Morgan fingerprint density at radius 2 is 2.40 bits per heavy atom. The van der Waals surface area contributed by atoms with Crippen molar-refractivity contribution in [3.8, 4) is 0 Å². The molecule has 0 aliphatic carbocycles. The van der Waals surface area contributed by atoms with E-state index in [0.717, 1.165) is 38.2 Å². The normalized spacial score (nSPS) is 28.2. The molecule has 134 valence electrons. The molecule has 5 heterocycles. The van der Waals surface area contributed by atoms with E-state index in [9.17, 15) is 4.79 Å². The first-order valence-corrected chi connectivity index (χ1v) is 9.55. The van der Waals surface area contributed by atoms with Gasteiger partial charge in [0.25, 0.3) is 0 Å². The number of aliphatic hydroxyl groups is 1. The highest BCUT2D eigenvalue weighted by molar-refractivity contribution is 7.13. The fraction of sp³-hybridized carbons (Fsp3) is 0.625. The van der Waals surface area contributed by atoms with Crippen molar-refractivity contribution in [3.63, 3.8) is 0 Å². The molecule has 8 nitrogen and oxygen atoms in total. The van der Waals surface area contributed by atoms with Crippen LogP contribution in [0.5, 0.6) is 0 Å². The van der Waals surface area contributed by atoms with Crippen LogP contribution in [0.15, 0.2) is 17.8 Å². The number of hydrogen-bond donors (Lipinski definition) is 2. The highest BCUT2D eigenvalue weighted by Gasteiger charge is 2.43. The van der Waals surface area contributed by atoms with E-state index in [1.165, 1.54) is 11.3 Å². The van der Waals surface area contributed by atoms with Crippen molar-refractivity contribution in [2.45, 2.75) is 31.8 Å². The Labute approximate surface area is 149 Å². The van der Waals surface area contributed by atoms with E-state index < -0.39 is 0 Å². The van der Waals surface area contributed by atoms with Gasteiger partial charge in [0.15, 0.2) is 5.13 Å². The van der Waals surface area contributed by atoms with Crippen LogP contribution >= 0.6 is 11.3 Å². The Morgan fingerprint density at radius 1 is 1.48 bits per heavy atom. The van der Waals surface area contributed by atoms with Gasteiger partial charge in [-0.1, -0.05) is 5.21 Å². The monoisotopic (exact) mass is 362 g/mol. The first-order valence-electron chi connectivity index (χ1n) is 8.67. The summed E-state index contributed by atoms with van der Waals surface area (Å²) < 4.78 is 1.86. The summed E-state index contributed by atoms with van der Waals surface area (Å²) in [5.74, 6) is 0.541. The molecular formula is C16H22N6O2S. The van der Waals surface area contributed by atoms with Gasteiger partial charge in [-0.2, -0.15) is 0 Å². The number of anilines is 1. The van der Waals surface area contributed by atoms with Crippen LogP contribution in [0.4, 0.5) is 5.13 Å². The molecular weight excluding hydrogens is 340 g/mol. The maximum Gasteiger partial charge on any atom is 0.230 e. The summed E-state index contributed by atoms with van der Waals surface area (Å²) in [5, 5.41) is 22.7. The minimum Gasteiger partial charge on any atom is -0.396 e. The second-order valence-electron chi connectivity index (χ2n) is 6.77. The van der Waals surface area contributed by atoms with Crippen LogP contribution in [0.3, 0.4) is 0 Å². The number of nitrogens with one attached hydrogen (secondary N) is 1. The Hall–Kier alpha value is -1.84. The Kier molecular flexibility index (Phi) is 4.78. The van der Waals surface area contributed by atoms with Gasteiger partial charge in [0.2, 0.25) is 5.91 Å². The molecule has 3 aliphatic rings. The van der Waals surface area contributed by atoms with E-state index in [-0.39, 0.29) is 18.4 Å². The third-order valence-electron chi connectivity index (χ3n) is 5.23. The zero-order valence-corrected chi connectivity index (χ0v) is 14.7. The Bertz CT molecular complexity index is 718. The molecule has 2 bridgehead atoms. The van der Waals surface area contributed by atoms with E-state index in [4.69, 9.17) is 5.11 Å². The number of carbonyl (C=O) groups is 1. The van der Waals surface area contributed by atoms with Crippen LogP contribution in [-0.4, -0.2) is 61.6 Å². The third-order valence-corrected chi connectivity index (χ3v) is 5.92. The van der Waals surface area contributed by atoms with E-state index in [0.29, 0.717) is 23.5 Å². The molecule has 0 spiro atoms. The van der Waals surface area contributed by atoms with Gasteiger partial charge < -0.3 is 10.4 Å². The summed E-state index contributed by atoms with van der Waals surface area (Å²) in [6.45, 7) is 2.71. The maximum absolute atomic E-state index is 12.6.